The van der Waals surface area contributed by atoms with Gasteiger partial charge in [-0.3, -0.25) is 9.48 Å². The summed E-state index contributed by atoms with van der Waals surface area (Å²) in [5, 5.41) is 7.05. The molecule has 2 aromatic rings. The second-order valence-corrected chi connectivity index (χ2v) is 8.75. The molecule has 23 heavy (non-hydrogen) atoms. The van der Waals surface area contributed by atoms with Crippen LogP contribution in [0, 0.1) is 6.92 Å². The number of amides is 1. The van der Waals surface area contributed by atoms with Crippen molar-refractivity contribution in [2.24, 2.45) is 0 Å². The van der Waals surface area contributed by atoms with Crippen LogP contribution in [-0.2, 0) is 9.84 Å². The first-order chi connectivity index (χ1) is 10.9. The molecule has 0 aliphatic carbocycles. The number of hydrogen-bond donors (Lipinski definition) is 1. The summed E-state index contributed by atoms with van der Waals surface area (Å²) in [4.78, 5) is 12.4. The van der Waals surface area contributed by atoms with Crippen molar-refractivity contribution >= 4 is 37.4 Å². The van der Waals surface area contributed by atoms with E-state index in [0.29, 0.717) is 23.4 Å². The number of anilines is 1. The van der Waals surface area contributed by atoms with Crippen LogP contribution in [0.25, 0.3) is 0 Å². The fourth-order valence-electron chi connectivity index (χ4n) is 2.75. The first-order valence-corrected chi connectivity index (χ1v) is 9.78. The molecule has 1 atom stereocenters. The molecular weight excluding hydrogens is 382 g/mol. The Labute approximate surface area is 142 Å². The van der Waals surface area contributed by atoms with E-state index in [4.69, 9.17) is 0 Å². The minimum Gasteiger partial charge on any atom is -0.322 e. The quantitative estimate of drug-likeness (QED) is 0.862. The SMILES string of the molecule is Cc1c(C(=O)Nc2cccc(Br)c2)cnn1C1CCS(=O)(=O)C1. The number of rotatable bonds is 3. The molecule has 0 spiro atoms. The molecule has 1 unspecified atom stereocenters. The average molecular weight is 398 g/mol. The van der Waals surface area contributed by atoms with Crippen LogP contribution < -0.4 is 5.32 Å². The maximum atomic E-state index is 12.4. The molecule has 1 aromatic carbocycles. The van der Waals surface area contributed by atoms with Crippen LogP contribution in [0.15, 0.2) is 34.9 Å². The summed E-state index contributed by atoms with van der Waals surface area (Å²) in [7, 11) is -2.99. The molecule has 8 heteroatoms. The summed E-state index contributed by atoms with van der Waals surface area (Å²) < 4.78 is 25.8. The van der Waals surface area contributed by atoms with Gasteiger partial charge in [0.2, 0.25) is 0 Å². The molecule has 1 saturated heterocycles. The smallest absolute Gasteiger partial charge is 0.259 e. The highest BCUT2D eigenvalue weighted by Crippen LogP contribution is 2.25. The minimum absolute atomic E-state index is 0.0855. The van der Waals surface area contributed by atoms with Gasteiger partial charge in [-0.1, -0.05) is 22.0 Å². The van der Waals surface area contributed by atoms with Gasteiger partial charge in [-0.25, -0.2) is 8.42 Å². The Balaban J connectivity index is 1.80. The molecule has 1 aliphatic rings. The maximum absolute atomic E-state index is 12.4. The van der Waals surface area contributed by atoms with Crippen LogP contribution in [0.2, 0.25) is 0 Å². The fraction of sp³-hybridized carbons (Fsp3) is 0.333. The molecule has 3 rings (SSSR count). The van der Waals surface area contributed by atoms with Gasteiger partial charge in [0.1, 0.15) is 0 Å². The number of sulfone groups is 1. The van der Waals surface area contributed by atoms with Crippen molar-refractivity contribution in [2.45, 2.75) is 19.4 Å². The van der Waals surface area contributed by atoms with Crippen molar-refractivity contribution in [1.29, 1.82) is 0 Å². The summed E-state index contributed by atoms with van der Waals surface area (Å²) in [6.07, 6.45) is 2.03. The second kappa shape index (κ2) is 6.09. The molecule has 0 bridgehead atoms. The van der Waals surface area contributed by atoms with Gasteiger partial charge < -0.3 is 5.32 Å². The molecule has 1 N–H and O–H groups in total. The van der Waals surface area contributed by atoms with Gasteiger partial charge in [-0.2, -0.15) is 5.10 Å². The normalized spacial score (nSPS) is 19.7. The molecule has 0 radical (unpaired) electrons. The van der Waals surface area contributed by atoms with Crippen molar-refractivity contribution in [3.63, 3.8) is 0 Å². The zero-order valence-corrected chi connectivity index (χ0v) is 14.9. The number of carbonyl (C=O) groups excluding carboxylic acids is 1. The number of nitrogens with zero attached hydrogens (tertiary/aromatic N) is 2. The van der Waals surface area contributed by atoms with E-state index in [1.807, 2.05) is 12.1 Å². The lowest BCUT2D eigenvalue weighted by molar-refractivity contribution is 0.102. The van der Waals surface area contributed by atoms with E-state index < -0.39 is 9.84 Å². The molecule has 1 aliphatic heterocycles. The van der Waals surface area contributed by atoms with Gasteiger partial charge in [0.25, 0.3) is 5.91 Å². The van der Waals surface area contributed by atoms with Gasteiger partial charge in [0.15, 0.2) is 9.84 Å². The monoisotopic (exact) mass is 397 g/mol. The zero-order chi connectivity index (χ0) is 16.6. The third-order valence-electron chi connectivity index (χ3n) is 3.93. The summed E-state index contributed by atoms with van der Waals surface area (Å²) >= 11 is 3.36. The van der Waals surface area contributed by atoms with E-state index in [1.165, 1.54) is 6.20 Å². The van der Waals surface area contributed by atoms with Crippen LogP contribution >= 0.6 is 15.9 Å². The van der Waals surface area contributed by atoms with Crippen LogP contribution in [0.1, 0.15) is 28.5 Å². The van der Waals surface area contributed by atoms with Crippen molar-refractivity contribution in [3.8, 4) is 0 Å². The van der Waals surface area contributed by atoms with Crippen molar-refractivity contribution in [1.82, 2.24) is 9.78 Å². The van der Waals surface area contributed by atoms with E-state index in [-0.39, 0.29) is 23.5 Å². The average Bonchev–Trinajstić information content (AvgIpc) is 3.01. The molecular formula is C15H16BrN3O3S. The highest BCUT2D eigenvalue weighted by Gasteiger charge is 2.31. The minimum atomic E-state index is -2.99. The van der Waals surface area contributed by atoms with E-state index in [1.54, 1.807) is 23.7 Å². The molecule has 1 fully saturated rings. The number of hydrogen-bond acceptors (Lipinski definition) is 4. The Morgan fingerprint density at radius 1 is 1.43 bits per heavy atom. The molecule has 2 heterocycles. The van der Waals surface area contributed by atoms with Gasteiger partial charge >= 0.3 is 0 Å². The first kappa shape index (κ1) is 16.2. The lowest BCUT2D eigenvalue weighted by atomic mass is 10.2. The van der Waals surface area contributed by atoms with Gasteiger partial charge in [-0.15, -0.1) is 0 Å². The lowest BCUT2D eigenvalue weighted by Gasteiger charge is -2.11. The van der Waals surface area contributed by atoms with Crippen molar-refractivity contribution in [2.75, 3.05) is 16.8 Å². The summed E-state index contributed by atoms with van der Waals surface area (Å²) in [5.74, 6) is 0.00589. The molecule has 122 valence electrons. The zero-order valence-electron chi connectivity index (χ0n) is 12.5. The molecule has 6 nitrogen and oxygen atoms in total. The molecule has 0 saturated carbocycles. The van der Waals surface area contributed by atoms with Gasteiger partial charge in [0, 0.05) is 15.9 Å². The van der Waals surface area contributed by atoms with Gasteiger partial charge in [0.05, 0.1) is 29.3 Å². The Morgan fingerprint density at radius 2 is 2.22 bits per heavy atom. The highest BCUT2D eigenvalue weighted by atomic mass is 79.9. The Bertz CT molecular complexity index is 861. The number of carbonyl (C=O) groups is 1. The van der Waals surface area contributed by atoms with Crippen molar-refractivity contribution < 1.29 is 13.2 Å². The molecule has 1 aromatic heterocycles. The van der Waals surface area contributed by atoms with E-state index in [2.05, 4.69) is 26.3 Å². The fourth-order valence-corrected chi connectivity index (χ4v) is 4.84. The van der Waals surface area contributed by atoms with Gasteiger partial charge in [-0.05, 0) is 31.5 Å². The third kappa shape index (κ3) is 3.48. The number of benzene rings is 1. The topological polar surface area (TPSA) is 81.1 Å². The lowest BCUT2D eigenvalue weighted by Crippen LogP contribution is -2.16. The van der Waals surface area contributed by atoms with Crippen LogP contribution in [-0.4, -0.2) is 35.6 Å². The highest BCUT2D eigenvalue weighted by molar-refractivity contribution is 9.10. The Hall–Kier alpha value is -1.67. The van der Waals surface area contributed by atoms with Crippen LogP contribution in [0.5, 0.6) is 0 Å². The summed E-state index contributed by atoms with van der Waals surface area (Å²) in [6.45, 7) is 1.79. The number of nitrogens with one attached hydrogen (secondary N) is 1. The Kier molecular flexibility index (Phi) is 4.29. The predicted molar refractivity (Wildman–Crippen MR) is 91.4 cm³/mol. The molecule has 1 amide bonds. The van der Waals surface area contributed by atoms with E-state index in [9.17, 15) is 13.2 Å². The summed E-state index contributed by atoms with van der Waals surface area (Å²) in [6, 6.07) is 7.12. The van der Waals surface area contributed by atoms with E-state index in [0.717, 1.165) is 4.47 Å². The third-order valence-corrected chi connectivity index (χ3v) is 6.17. The summed E-state index contributed by atoms with van der Waals surface area (Å²) in [5.41, 5.74) is 1.81. The Morgan fingerprint density at radius 3 is 2.87 bits per heavy atom. The second-order valence-electron chi connectivity index (χ2n) is 5.61. The predicted octanol–water partition coefficient (Wildman–Crippen LogP) is 2.57. The number of aromatic nitrogens is 2. The first-order valence-electron chi connectivity index (χ1n) is 7.17. The number of halogens is 1. The van der Waals surface area contributed by atoms with Crippen LogP contribution in [0.3, 0.4) is 0 Å². The van der Waals surface area contributed by atoms with E-state index >= 15 is 0 Å². The van der Waals surface area contributed by atoms with Crippen molar-refractivity contribution in [3.05, 3.63) is 46.2 Å². The standard InChI is InChI=1S/C15H16BrN3O3S/c1-10-14(15(20)18-12-4-2-3-11(16)7-12)8-17-19(10)13-5-6-23(21,22)9-13/h2-4,7-8,13H,5-6,9H2,1H3,(H,18,20). The van der Waals surface area contributed by atoms with Crippen LogP contribution in [0.4, 0.5) is 5.69 Å². The maximum Gasteiger partial charge on any atom is 0.259 e. The largest absolute Gasteiger partial charge is 0.322 e.